The average molecular weight is 342 g/mol. The standard InChI is InChI=1S/C20H26N2O3/c1-13(2)12-25-18-7-6-15(8-17(18)14(3)4)9-19-21-10-16(11-22-19)20(23)24-5/h6-8,10-11,13-14H,9,12H2,1-5H3. The zero-order valence-electron chi connectivity index (χ0n) is 15.6. The number of esters is 1. The van der Waals surface area contributed by atoms with Crippen LogP contribution in [0.5, 0.6) is 5.75 Å². The number of hydrogen-bond acceptors (Lipinski definition) is 5. The molecule has 0 fully saturated rings. The predicted molar refractivity (Wildman–Crippen MR) is 97.0 cm³/mol. The number of benzene rings is 1. The maximum atomic E-state index is 11.4. The van der Waals surface area contributed by atoms with E-state index in [9.17, 15) is 4.79 Å². The molecule has 5 heteroatoms. The maximum Gasteiger partial charge on any atom is 0.341 e. The Morgan fingerprint density at radius 3 is 2.36 bits per heavy atom. The van der Waals surface area contributed by atoms with Gasteiger partial charge in [-0.3, -0.25) is 0 Å². The molecule has 134 valence electrons. The van der Waals surface area contributed by atoms with E-state index in [1.54, 1.807) is 0 Å². The normalized spacial score (nSPS) is 11.0. The van der Waals surface area contributed by atoms with Crippen LogP contribution in [-0.4, -0.2) is 29.7 Å². The molecule has 25 heavy (non-hydrogen) atoms. The Morgan fingerprint density at radius 1 is 1.12 bits per heavy atom. The van der Waals surface area contributed by atoms with Crippen LogP contribution < -0.4 is 4.74 Å². The zero-order chi connectivity index (χ0) is 18.4. The summed E-state index contributed by atoms with van der Waals surface area (Å²) >= 11 is 0. The van der Waals surface area contributed by atoms with Crippen LogP contribution in [0, 0.1) is 5.92 Å². The summed E-state index contributed by atoms with van der Waals surface area (Å²) in [5, 5.41) is 0. The van der Waals surface area contributed by atoms with Gasteiger partial charge in [-0.15, -0.1) is 0 Å². The summed E-state index contributed by atoms with van der Waals surface area (Å²) in [6.45, 7) is 9.29. The van der Waals surface area contributed by atoms with Crippen LogP contribution in [0.15, 0.2) is 30.6 Å². The Kier molecular flexibility index (Phi) is 6.51. The summed E-state index contributed by atoms with van der Waals surface area (Å²) in [4.78, 5) is 19.9. The molecular weight excluding hydrogens is 316 g/mol. The molecule has 5 nitrogen and oxygen atoms in total. The van der Waals surface area contributed by atoms with Crippen LogP contribution in [-0.2, 0) is 11.2 Å². The Morgan fingerprint density at radius 2 is 1.80 bits per heavy atom. The van der Waals surface area contributed by atoms with Crippen molar-refractivity contribution in [2.45, 2.75) is 40.0 Å². The number of nitrogens with zero attached hydrogens (tertiary/aromatic N) is 2. The van der Waals surface area contributed by atoms with Gasteiger partial charge in [0, 0.05) is 18.8 Å². The van der Waals surface area contributed by atoms with Crippen molar-refractivity contribution in [3.8, 4) is 5.75 Å². The van der Waals surface area contributed by atoms with Gasteiger partial charge in [0.2, 0.25) is 0 Å². The highest BCUT2D eigenvalue weighted by Gasteiger charge is 2.12. The van der Waals surface area contributed by atoms with Crippen LogP contribution in [0.4, 0.5) is 0 Å². The van der Waals surface area contributed by atoms with Crippen molar-refractivity contribution in [1.29, 1.82) is 0 Å². The molecule has 0 atom stereocenters. The van der Waals surface area contributed by atoms with Gasteiger partial charge in [-0.05, 0) is 29.0 Å². The fourth-order valence-electron chi connectivity index (χ4n) is 2.40. The molecule has 1 aromatic heterocycles. The van der Waals surface area contributed by atoms with Crippen LogP contribution in [0.25, 0.3) is 0 Å². The number of carbonyl (C=O) groups excluding carboxylic acids is 1. The average Bonchev–Trinajstić information content (AvgIpc) is 2.60. The first-order valence-electron chi connectivity index (χ1n) is 8.55. The highest BCUT2D eigenvalue weighted by atomic mass is 16.5. The van der Waals surface area contributed by atoms with Crippen molar-refractivity contribution < 1.29 is 14.3 Å². The molecule has 0 aliphatic carbocycles. The molecule has 0 N–H and O–H groups in total. The second-order valence-corrected chi connectivity index (χ2v) is 6.79. The SMILES string of the molecule is COC(=O)c1cnc(Cc2ccc(OCC(C)C)c(C(C)C)c2)nc1. The van der Waals surface area contributed by atoms with Gasteiger partial charge in [0.15, 0.2) is 0 Å². The molecule has 1 aromatic carbocycles. The summed E-state index contributed by atoms with van der Waals surface area (Å²) in [7, 11) is 1.34. The fourth-order valence-corrected chi connectivity index (χ4v) is 2.40. The zero-order valence-corrected chi connectivity index (χ0v) is 15.6. The summed E-state index contributed by atoms with van der Waals surface area (Å²) in [5.41, 5.74) is 2.65. The van der Waals surface area contributed by atoms with E-state index in [2.05, 4.69) is 48.5 Å². The third-order valence-corrected chi connectivity index (χ3v) is 3.76. The van der Waals surface area contributed by atoms with E-state index >= 15 is 0 Å². The number of carbonyl (C=O) groups is 1. The van der Waals surface area contributed by atoms with Crippen LogP contribution in [0.2, 0.25) is 0 Å². The summed E-state index contributed by atoms with van der Waals surface area (Å²) in [6.07, 6.45) is 3.60. The number of rotatable bonds is 7. The van der Waals surface area contributed by atoms with Gasteiger partial charge in [-0.1, -0.05) is 39.8 Å². The molecule has 0 saturated carbocycles. The molecule has 0 unspecified atom stereocenters. The lowest BCUT2D eigenvalue weighted by Gasteiger charge is -2.16. The Balaban J connectivity index is 2.16. The van der Waals surface area contributed by atoms with Gasteiger partial charge in [0.1, 0.15) is 11.6 Å². The number of methoxy groups -OCH3 is 1. The number of ether oxygens (including phenoxy) is 2. The third-order valence-electron chi connectivity index (χ3n) is 3.76. The van der Waals surface area contributed by atoms with Crippen LogP contribution >= 0.6 is 0 Å². The molecule has 2 aromatic rings. The first-order valence-corrected chi connectivity index (χ1v) is 8.55. The molecule has 1 heterocycles. The Labute approximate surface area is 149 Å². The van der Waals surface area contributed by atoms with Crippen molar-refractivity contribution in [1.82, 2.24) is 9.97 Å². The highest BCUT2D eigenvalue weighted by Crippen LogP contribution is 2.28. The lowest BCUT2D eigenvalue weighted by Crippen LogP contribution is -2.08. The van der Waals surface area contributed by atoms with E-state index in [0.29, 0.717) is 36.3 Å². The van der Waals surface area contributed by atoms with E-state index < -0.39 is 5.97 Å². The molecule has 0 spiro atoms. The van der Waals surface area contributed by atoms with Gasteiger partial charge in [-0.2, -0.15) is 0 Å². The van der Waals surface area contributed by atoms with E-state index in [1.807, 2.05) is 12.1 Å². The van der Waals surface area contributed by atoms with Crippen LogP contribution in [0.1, 0.15) is 60.9 Å². The molecule has 0 saturated heterocycles. The highest BCUT2D eigenvalue weighted by molar-refractivity contribution is 5.88. The predicted octanol–water partition coefficient (Wildman–Crippen LogP) is 4.01. The van der Waals surface area contributed by atoms with Crippen molar-refractivity contribution in [3.05, 3.63) is 53.1 Å². The third kappa shape index (κ3) is 5.28. The monoisotopic (exact) mass is 342 g/mol. The Bertz CT molecular complexity index is 709. The number of hydrogen-bond donors (Lipinski definition) is 0. The second-order valence-electron chi connectivity index (χ2n) is 6.79. The van der Waals surface area contributed by atoms with Gasteiger partial charge in [0.05, 0.1) is 19.3 Å². The molecule has 0 aliphatic rings. The van der Waals surface area contributed by atoms with Gasteiger partial charge < -0.3 is 9.47 Å². The minimum Gasteiger partial charge on any atom is -0.493 e. The van der Waals surface area contributed by atoms with E-state index in [1.165, 1.54) is 25.1 Å². The number of aromatic nitrogens is 2. The lowest BCUT2D eigenvalue weighted by molar-refractivity contribution is 0.0599. The minimum absolute atomic E-state index is 0.353. The van der Waals surface area contributed by atoms with Gasteiger partial charge in [-0.25, -0.2) is 14.8 Å². The first-order chi connectivity index (χ1) is 11.9. The van der Waals surface area contributed by atoms with Crippen molar-refractivity contribution >= 4 is 5.97 Å². The van der Waals surface area contributed by atoms with E-state index in [-0.39, 0.29) is 0 Å². The molecule has 0 radical (unpaired) electrons. The molecule has 0 aliphatic heterocycles. The van der Waals surface area contributed by atoms with Crippen molar-refractivity contribution in [3.63, 3.8) is 0 Å². The minimum atomic E-state index is -0.430. The lowest BCUT2D eigenvalue weighted by atomic mass is 9.98. The largest absolute Gasteiger partial charge is 0.493 e. The maximum absolute atomic E-state index is 11.4. The van der Waals surface area contributed by atoms with Crippen molar-refractivity contribution in [2.24, 2.45) is 5.92 Å². The molecule has 0 amide bonds. The quantitative estimate of drug-likeness (QED) is 0.711. The van der Waals surface area contributed by atoms with E-state index in [4.69, 9.17) is 4.74 Å². The van der Waals surface area contributed by atoms with Crippen molar-refractivity contribution in [2.75, 3.05) is 13.7 Å². The summed E-state index contributed by atoms with van der Waals surface area (Å²) < 4.78 is 10.6. The molecular formula is C20H26N2O3. The van der Waals surface area contributed by atoms with Gasteiger partial charge >= 0.3 is 5.97 Å². The fraction of sp³-hybridized carbons (Fsp3) is 0.450. The smallest absolute Gasteiger partial charge is 0.341 e. The summed E-state index contributed by atoms with van der Waals surface area (Å²) in [6, 6.07) is 6.22. The van der Waals surface area contributed by atoms with Gasteiger partial charge in [0.25, 0.3) is 0 Å². The van der Waals surface area contributed by atoms with E-state index in [0.717, 1.165) is 11.3 Å². The molecule has 0 bridgehead atoms. The van der Waals surface area contributed by atoms with Crippen LogP contribution in [0.3, 0.4) is 0 Å². The summed E-state index contributed by atoms with van der Waals surface area (Å²) in [5.74, 6) is 2.03. The first kappa shape index (κ1) is 18.9. The second kappa shape index (κ2) is 8.60. The molecule has 2 rings (SSSR count). The topological polar surface area (TPSA) is 61.3 Å². The Hall–Kier alpha value is -2.43.